The molecule has 21 heavy (non-hydrogen) atoms. The number of halogens is 2. The molecule has 0 spiro atoms. The maximum atomic E-state index is 12.1. The van der Waals surface area contributed by atoms with Crippen LogP contribution in [0, 0.1) is 5.92 Å². The Bertz CT molecular complexity index is 513. The number of rotatable bonds is 4. The minimum atomic E-state index is -0.0877. The van der Waals surface area contributed by atoms with Gasteiger partial charge in [-0.3, -0.25) is 9.69 Å². The summed E-state index contributed by atoms with van der Waals surface area (Å²) in [6.45, 7) is 6.25. The van der Waals surface area contributed by atoms with Gasteiger partial charge in [0, 0.05) is 31.2 Å². The van der Waals surface area contributed by atoms with Crippen LogP contribution in [0.5, 0.6) is 0 Å². The standard InChI is InChI=1S/C15H21Cl2N3O/c1-9-5-10(2)20(8-9)4-3-14(21)19-15-12(16)6-11(18)7-13(15)17/h6-7,9-10H,3-5,8,18H2,1-2H3,(H,19,21). The number of anilines is 2. The summed E-state index contributed by atoms with van der Waals surface area (Å²) in [5.41, 5.74) is 6.55. The van der Waals surface area contributed by atoms with E-state index in [-0.39, 0.29) is 5.91 Å². The summed E-state index contributed by atoms with van der Waals surface area (Å²) in [4.78, 5) is 14.4. The molecule has 0 radical (unpaired) electrons. The predicted molar refractivity (Wildman–Crippen MR) is 88.9 cm³/mol. The molecule has 1 heterocycles. The largest absolute Gasteiger partial charge is 0.399 e. The average Bonchev–Trinajstić information content (AvgIpc) is 2.69. The zero-order valence-electron chi connectivity index (χ0n) is 12.3. The first-order valence-electron chi connectivity index (χ1n) is 7.15. The molecule has 1 aliphatic heterocycles. The van der Waals surface area contributed by atoms with Crippen molar-refractivity contribution in [2.45, 2.75) is 32.7 Å². The quantitative estimate of drug-likeness (QED) is 0.829. The highest BCUT2D eigenvalue weighted by Crippen LogP contribution is 2.33. The van der Waals surface area contributed by atoms with Crippen LogP contribution in [0.25, 0.3) is 0 Å². The van der Waals surface area contributed by atoms with Gasteiger partial charge in [-0.2, -0.15) is 0 Å². The SMILES string of the molecule is CC1CC(C)N(CCC(=O)Nc2c(Cl)cc(N)cc2Cl)C1. The number of hydrogen-bond acceptors (Lipinski definition) is 3. The lowest BCUT2D eigenvalue weighted by atomic mass is 10.1. The highest BCUT2D eigenvalue weighted by atomic mass is 35.5. The smallest absolute Gasteiger partial charge is 0.225 e. The molecule has 1 saturated heterocycles. The fourth-order valence-corrected chi connectivity index (χ4v) is 3.46. The molecule has 0 aliphatic carbocycles. The number of nitrogens with one attached hydrogen (secondary N) is 1. The van der Waals surface area contributed by atoms with Gasteiger partial charge in [-0.25, -0.2) is 0 Å². The molecule has 1 amide bonds. The molecule has 0 aromatic heterocycles. The van der Waals surface area contributed by atoms with Gasteiger partial charge in [0.1, 0.15) is 0 Å². The lowest BCUT2D eigenvalue weighted by Crippen LogP contribution is -2.30. The maximum Gasteiger partial charge on any atom is 0.225 e. The van der Waals surface area contributed by atoms with Crippen molar-refractivity contribution in [3.8, 4) is 0 Å². The van der Waals surface area contributed by atoms with E-state index in [9.17, 15) is 4.79 Å². The van der Waals surface area contributed by atoms with Gasteiger partial charge in [0.2, 0.25) is 5.91 Å². The normalized spacial score (nSPS) is 22.5. The van der Waals surface area contributed by atoms with Crippen LogP contribution in [-0.4, -0.2) is 29.9 Å². The molecule has 3 N–H and O–H groups in total. The molecule has 4 nitrogen and oxygen atoms in total. The van der Waals surface area contributed by atoms with E-state index in [1.165, 1.54) is 6.42 Å². The molecule has 1 aromatic carbocycles. The van der Waals surface area contributed by atoms with Gasteiger partial charge in [-0.05, 0) is 31.4 Å². The summed E-state index contributed by atoms with van der Waals surface area (Å²) in [5, 5.41) is 3.49. The molecular weight excluding hydrogens is 309 g/mol. The van der Waals surface area contributed by atoms with Crippen molar-refractivity contribution >= 4 is 40.5 Å². The number of nitrogens with zero attached hydrogens (tertiary/aromatic N) is 1. The van der Waals surface area contributed by atoms with Crippen LogP contribution < -0.4 is 11.1 Å². The summed E-state index contributed by atoms with van der Waals surface area (Å²) >= 11 is 12.1. The van der Waals surface area contributed by atoms with Crippen molar-refractivity contribution in [1.29, 1.82) is 0 Å². The number of nitrogens with two attached hydrogens (primary N) is 1. The highest BCUT2D eigenvalue weighted by Gasteiger charge is 2.26. The second-order valence-corrected chi connectivity index (χ2v) is 6.66. The number of likely N-dealkylation sites (tertiary alicyclic amines) is 1. The summed E-state index contributed by atoms with van der Waals surface area (Å²) in [5.74, 6) is 0.611. The zero-order valence-corrected chi connectivity index (χ0v) is 13.8. The summed E-state index contributed by atoms with van der Waals surface area (Å²) in [6.07, 6.45) is 1.62. The molecular formula is C15H21Cl2N3O. The van der Waals surface area contributed by atoms with E-state index in [1.54, 1.807) is 12.1 Å². The fraction of sp³-hybridized carbons (Fsp3) is 0.533. The van der Waals surface area contributed by atoms with Crippen molar-refractivity contribution in [3.05, 3.63) is 22.2 Å². The van der Waals surface area contributed by atoms with Crippen molar-refractivity contribution in [2.75, 3.05) is 24.1 Å². The number of carbonyl (C=O) groups is 1. The van der Waals surface area contributed by atoms with Crippen LogP contribution in [-0.2, 0) is 4.79 Å². The second kappa shape index (κ2) is 6.86. The minimum absolute atomic E-state index is 0.0877. The molecule has 116 valence electrons. The Kier molecular flexibility index (Phi) is 5.36. The lowest BCUT2D eigenvalue weighted by Gasteiger charge is -2.20. The molecule has 1 fully saturated rings. The van der Waals surface area contributed by atoms with Crippen LogP contribution >= 0.6 is 23.2 Å². The Balaban J connectivity index is 1.91. The molecule has 0 bridgehead atoms. The van der Waals surface area contributed by atoms with Crippen molar-refractivity contribution in [1.82, 2.24) is 4.90 Å². The lowest BCUT2D eigenvalue weighted by molar-refractivity contribution is -0.116. The van der Waals surface area contributed by atoms with Crippen LogP contribution in [0.1, 0.15) is 26.7 Å². The maximum absolute atomic E-state index is 12.1. The first kappa shape index (κ1) is 16.4. The molecule has 6 heteroatoms. The van der Waals surface area contributed by atoms with E-state index < -0.39 is 0 Å². The summed E-state index contributed by atoms with van der Waals surface area (Å²) in [6, 6.07) is 3.69. The number of hydrogen-bond donors (Lipinski definition) is 2. The van der Waals surface area contributed by atoms with Gasteiger partial charge >= 0.3 is 0 Å². The molecule has 1 aromatic rings. The topological polar surface area (TPSA) is 58.4 Å². The molecule has 2 rings (SSSR count). The molecule has 0 saturated carbocycles. The highest BCUT2D eigenvalue weighted by molar-refractivity contribution is 6.40. The Morgan fingerprint density at radius 2 is 2.00 bits per heavy atom. The Morgan fingerprint density at radius 3 is 2.52 bits per heavy atom. The predicted octanol–water partition coefficient (Wildman–Crippen LogP) is 3.63. The second-order valence-electron chi connectivity index (χ2n) is 5.84. The number of carbonyl (C=O) groups excluding carboxylic acids is 1. The third-order valence-electron chi connectivity index (χ3n) is 3.87. The summed E-state index contributed by atoms with van der Waals surface area (Å²) < 4.78 is 0. The van der Waals surface area contributed by atoms with E-state index in [2.05, 4.69) is 24.1 Å². The van der Waals surface area contributed by atoms with Crippen molar-refractivity contribution in [3.63, 3.8) is 0 Å². The van der Waals surface area contributed by atoms with Crippen molar-refractivity contribution in [2.24, 2.45) is 5.92 Å². The number of amides is 1. The first-order valence-corrected chi connectivity index (χ1v) is 7.91. The third-order valence-corrected chi connectivity index (χ3v) is 4.46. The van der Waals surface area contributed by atoms with Crippen LogP contribution in [0.3, 0.4) is 0 Å². The van der Waals surface area contributed by atoms with Crippen LogP contribution in [0.15, 0.2) is 12.1 Å². The molecule has 2 unspecified atom stereocenters. The molecule has 1 aliphatic rings. The first-order chi connectivity index (χ1) is 9.86. The van der Waals surface area contributed by atoms with Gasteiger partial charge in [0.15, 0.2) is 0 Å². The summed E-state index contributed by atoms with van der Waals surface area (Å²) in [7, 11) is 0. The van der Waals surface area contributed by atoms with E-state index in [1.807, 2.05) is 0 Å². The third kappa shape index (κ3) is 4.25. The molecule has 2 atom stereocenters. The Morgan fingerprint density at radius 1 is 1.38 bits per heavy atom. The van der Waals surface area contributed by atoms with Gasteiger partial charge in [0.25, 0.3) is 0 Å². The number of benzene rings is 1. The van der Waals surface area contributed by atoms with Crippen LogP contribution in [0.2, 0.25) is 10.0 Å². The average molecular weight is 330 g/mol. The number of nitrogen functional groups attached to an aromatic ring is 1. The van der Waals surface area contributed by atoms with Crippen LogP contribution in [0.4, 0.5) is 11.4 Å². The fourth-order valence-electron chi connectivity index (χ4n) is 2.86. The van der Waals surface area contributed by atoms with Gasteiger partial charge in [-0.15, -0.1) is 0 Å². The van der Waals surface area contributed by atoms with E-state index in [4.69, 9.17) is 28.9 Å². The van der Waals surface area contributed by atoms with E-state index >= 15 is 0 Å². The Labute approximate surface area is 135 Å². The van der Waals surface area contributed by atoms with Crippen molar-refractivity contribution < 1.29 is 4.79 Å². The van der Waals surface area contributed by atoms with E-state index in [0.29, 0.717) is 39.8 Å². The van der Waals surface area contributed by atoms with E-state index in [0.717, 1.165) is 13.1 Å². The van der Waals surface area contributed by atoms with Gasteiger partial charge in [-0.1, -0.05) is 30.1 Å². The monoisotopic (exact) mass is 329 g/mol. The van der Waals surface area contributed by atoms with Gasteiger partial charge in [0.05, 0.1) is 15.7 Å². The van der Waals surface area contributed by atoms with Gasteiger partial charge < -0.3 is 11.1 Å². The minimum Gasteiger partial charge on any atom is -0.399 e. The Hall–Kier alpha value is -0.970. The zero-order chi connectivity index (χ0) is 15.6.